The van der Waals surface area contributed by atoms with Gasteiger partial charge in [0.15, 0.2) is 0 Å². The highest BCUT2D eigenvalue weighted by Crippen LogP contribution is 1.98. The van der Waals surface area contributed by atoms with Gasteiger partial charge in [-0.15, -0.1) is 0 Å². The Bertz CT molecular complexity index is 150. The summed E-state index contributed by atoms with van der Waals surface area (Å²) < 4.78 is 0. The van der Waals surface area contributed by atoms with Crippen LogP contribution in [0.15, 0.2) is 0 Å². The normalized spacial score (nSPS) is 12.7. The number of aliphatic carboxylic acids is 1. The molecule has 0 radical (unpaired) electrons. The van der Waals surface area contributed by atoms with Crippen LogP contribution in [-0.4, -0.2) is 35.9 Å². The number of carboxylic acid groups (broad SMARTS) is 1. The third-order valence-electron chi connectivity index (χ3n) is 2.11. The van der Waals surface area contributed by atoms with Gasteiger partial charge in [0.25, 0.3) is 0 Å². The summed E-state index contributed by atoms with van der Waals surface area (Å²) in [5.41, 5.74) is 0. The third kappa shape index (κ3) is 9.48. The van der Waals surface area contributed by atoms with Crippen LogP contribution < -0.4 is 5.32 Å². The fourth-order valence-electron chi connectivity index (χ4n) is 1.20. The monoisotopic (exact) mass is 203 g/mol. The van der Waals surface area contributed by atoms with Crippen molar-refractivity contribution in [1.29, 1.82) is 0 Å². The number of unbranched alkanes of at least 4 members (excludes halogenated alkanes) is 1. The minimum absolute atomic E-state index is 0.238. The summed E-state index contributed by atoms with van der Waals surface area (Å²) in [5, 5.41) is 20.3. The maximum Gasteiger partial charge on any atom is 0.303 e. The molecule has 1 atom stereocenters. The number of hydrogen-bond donors (Lipinski definition) is 3. The van der Waals surface area contributed by atoms with E-state index in [1.807, 2.05) is 0 Å². The Balaban J connectivity index is 3.09. The van der Waals surface area contributed by atoms with E-state index in [1.165, 1.54) is 0 Å². The van der Waals surface area contributed by atoms with Gasteiger partial charge in [-0.05, 0) is 38.3 Å². The Kier molecular flexibility index (Phi) is 8.57. The van der Waals surface area contributed by atoms with Crippen molar-refractivity contribution in [2.45, 2.75) is 32.6 Å². The molecule has 1 unspecified atom stereocenters. The molecule has 3 N–H and O–H groups in total. The van der Waals surface area contributed by atoms with Crippen LogP contribution in [-0.2, 0) is 4.79 Å². The van der Waals surface area contributed by atoms with E-state index in [0.717, 1.165) is 32.4 Å². The maximum absolute atomic E-state index is 10.2. The molecule has 0 amide bonds. The first-order valence-electron chi connectivity index (χ1n) is 5.20. The van der Waals surface area contributed by atoms with Crippen molar-refractivity contribution in [2.24, 2.45) is 5.92 Å². The second-order valence-electron chi connectivity index (χ2n) is 3.67. The van der Waals surface area contributed by atoms with E-state index in [1.54, 1.807) is 0 Å². The molecule has 0 fully saturated rings. The fourth-order valence-corrected chi connectivity index (χ4v) is 1.20. The van der Waals surface area contributed by atoms with Gasteiger partial charge in [0.2, 0.25) is 0 Å². The largest absolute Gasteiger partial charge is 0.481 e. The molecule has 0 rings (SSSR count). The number of aliphatic hydroxyl groups excluding tert-OH is 1. The number of carbonyl (C=O) groups is 1. The van der Waals surface area contributed by atoms with E-state index in [2.05, 4.69) is 12.2 Å². The summed E-state index contributed by atoms with van der Waals surface area (Å²) in [6, 6.07) is 0. The van der Waals surface area contributed by atoms with E-state index in [-0.39, 0.29) is 13.0 Å². The van der Waals surface area contributed by atoms with Gasteiger partial charge in [-0.1, -0.05) is 6.92 Å². The van der Waals surface area contributed by atoms with Gasteiger partial charge >= 0.3 is 5.97 Å². The number of nitrogens with one attached hydrogen (secondary N) is 1. The summed E-state index contributed by atoms with van der Waals surface area (Å²) in [6.07, 6.45) is 2.71. The number of hydrogen-bond acceptors (Lipinski definition) is 3. The van der Waals surface area contributed by atoms with E-state index < -0.39 is 5.97 Å². The summed E-state index contributed by atoms with van der Waals surface area (Å²) in [6.45, 7) is 4.08. The first-order chi connectivity index (χ1) is 6.66. The lowest BCUT2D eigenvalue weighted by Crippen LogP contribution is -2.22. The zero-order chi connectivity index (χ0) is 10.8. The van der Waals surface area contributed by atoms with Crippen molar-refractivity contribution in [3.05, 3.63) is 0 Å². The molecule has 0 aromatic rings. The van der Waals surface area contributed by atoms with Crippen molar-refractivity contribution >= 4 is 5.97 Å². The van der Waals surface area contributed by atoms with Crippen molar-refractivity contribution in [2.75, 3.05) is 19.7 Å². The molecule has 0 aromatic carbocycles. The van der Waals surface area contributed by atoms with Crippen molar-refractivity contribution < 1.29 is 15.0 Å². The van der Waals surface area contributed by atoms with Gasteiger partial charge in [-0.3, -0.25) is 4.79 Å². The molecule has 0 saturated heterocycles. The first kappa shape index (κ1) is 13.4. The van der Waals surface area contributed by atoms with Crippen LogP contribution >= 0.6 is 0 Å². The van der Waals surface area contributed by atoms with Gasteiger partial charge in [0.05, 0.1) is 0 Å². The maximum atomic E-state index is 10.2. The topological polar surface area (TPSA) is 69.6 Å². The lowest BCUT2D eigenvalue weighted by Gasteiger charge is -2.10. The van der Waals surface area contributed by atoms with Gasteiger partial charge in [0, 0.05) is 13.0 Å². The van der Waals surface area contributed by atoms with Crippen LogP contribution in [0.2, 0.25) is 0 Å². The predicted molar refractivity (Wildman–Crippen MR) is 55.2 cm³/mol. The minimum atomic E-state index is -0.723. The molecule has 0 spiro atoms. The smallest absolute Gasteiger partial charge is 0.303 e. The van der Waals surface area contributed by atoms with Gasteiger partial charge < -0.3 is 15.5 Å². The zero-order valence-electron chi connectivity index (χ0n) is 8.83. The molecular formula is C10H21NO3. The van der Waals surface area contributed by atoms with Crippen LogP contribution in [0.4, 0.5) is 0 Å². The van der Waals surface area contributed by atoms with Crippen molar-refractivity contribution in [1.82, 2.24) is 5.32 Å². The Morgan fingerprint density at radius 1 is 1.43 bits per heavy atom. The van der Waals surface area contributed by atoms with Gasteiger partial charge in [-0.2, -0.15) is 0 Å². The van der Waals surface area contributed by atoms with Crippen LogP contribution in [0.25, 0.3) is 0 Å². The molecule has 0 aromatic heterocycles. The molecule has 14 heavy (non-hydrogen) atoms. The SMILES string of the molecule is CC(CCO)CNCCCCC(=O)O. The van der Waals surface area contributed by atoms with E-state index in [9.17, 15) is 4.79 Å². The Hall–Kier alpha value is -0.610. The first-order valence-corrected chi connectivity index (χ1v) is 5.20. The minimum Gasteiger partial charge on any atom is -0.481 e. The van der Waals surface area contributed by atoms with Crippen LogP contribution in [0.3, 0.4) is 0 Å². The highest BCUT2D eigenvalue weighted by Gasteiger charge is 2.00. The second kappa shape index (κ2) is 8.97. The van der Waals surface area contributed by atoms with Crippen LogP contribution in [0, 0.1) is 5.92 Å². The second-order valence-corrected chi connectivity index (χ2v) is 3.67. The molecule has 0 saturated carbocycles. The lowest BCUT2D eigenvalue weighted by molar-refractivity contribution is -0.137. The average Bonchev–Trinajstić information content (AvgIpc) is 2.11. The summed E-state index contributed by atoms with van der Waals surface area (Å²) in [5.74, 6) is -0.238. The molecule has 0 bridgehead atoms. The zero-order valence-corrected chi connectivity index (χ0v) is 8.83. The predicted octanol–water partition coefficient (Wildman–Crippen LogP) is 0.849. The lowest BCUT2D eigenvalue weighted by atomic mass is 10.1. The number of aliphatic hydroxyl groups is 1. The van der Waals surface area contributed by atoms with Crippen LogP contribution in [0.5, 0.6) is 0 Å². The molecule has 0 heterocycles. The summed E-state index contributed by atoms with van der Waals surface area (Å²) in [4.78, 5) is 10.2. The Morgan fingerprint density at radius 2 is 2.14 bits per heavy atom. The molecule has 0 aliphatic rings. The fraction of sp³-hybridized carbons (Fsp3) is 0.900. The standard InChI is InChI=1S/C10H21NO3/c1-9(5-7-12)8-11-6-3-2-4-10(13)14/h9,11-12H,2-8H2,1H3,(H,13,14). The molecule has 4 heteroatoms. The van der Waals surface area contributed by atoms with Gasteiger partial charge in [0.1, 0.15) is 0 Å². The molecule has 84 valence electrons. The van der Waals surface area contributed by atoms with Crippen LogP contribution in [0.1, 0.15) is 32.6 Å². The Labute approximate surface area is 85.3 Å². The summed E-state index contributed by atoms with van der Waals surface area (Å²) >= 11 is 0. The Morgan fingerprint density at radius 3 is 2.71 bits per heavy atom. The number of rotatable bonds is 9. The third-order valence-corrected chi connectivity index (χ3v) is 2.11. The van der Waals surface area contributed by atoms with Crippen molar-refractivity contribution in [3.63, 3.8) is 0 Å². The molecular weight excluding hydrogens is 182 g/mol. The average molecular weight is 203 g/mol. The summed E-state index contributed by atoms with van der Waals surface area (Å²) in [7, 11) is 0. The van der Waals surface area contributed by atoms with Gasteiger partial charge in [-0.25, -0.2) is 0 Å². The van der Waals surface area contributed by atoms with E-state index in [4.69, 9.17) is 10.2 Å². The molecule has 0 aliphatic carbocycles. The quantitative estimate of drug-likeness (QED) is 0.486. The van der Waals surface area contributed by atoms with E-state index >= 15 is 0 Å². The molecule has 4 nitrogen and oxygen atoms in total. The highest BCUT2D eigenvalue weighted by molar-refractivity contribution is 5.66. The van der Waals surface area contributed by atoms with Crippen molar-refractivity contribution in [3.8, 4) is 0 Å². The van der Waals surface area contributed by atoms with E-state index in [0.29, 0.717) is 5.92 Å². The molecule has 0 aliphatic heterocycles. The number of carboxylic acids is 1. The highest BCUT2D eigenvalue weighted by atomic mass is 16.4.